The average Bonchev–Trinajstić information content (AvgIpc) is 3.43. The molecule has 2 atom stereocenters. The number of hydrogen-bond acceptors (Lipinski definition) is 7. The lowest BCUT2D eigenvalue weighted by atomic mass is 10.2. The lowest BCUT2D eigenvalue weighted by Gasteiger charge is -2.38. The molecule has 1 aliphatic rings. The molecule has 2 aromatic heterocycles. The predicted octanol–water partition coefficient (Wildman–Crippen LogP) is 5.23. The second-order valence-electron chi connectivity index (χ2n) is 7.02. The molecule has 1 fully saturated rings. The lowest BCUT2D eigenvalue weighted by molar-refractivity contribution is 0.00550. The van der Waals surface area contributed by atoms with Crippen molar-refractivity contribution >= 4 is 60.2 Å². The summed E-state index contributed by atoms with van der Waals surface area (Å²) in [5, 5.41) is 14.4. The topological polar surface area (TPSA) is 78.6 Å². The van der Waals surface area contributed by atoms with Crippen molar-refractivity contribution in [2.75, 3.05) is 19.8 Å². The molecule has 7 nitrogen and oxygen atoms in total. The van der Waals surface area contributed by atoms with E-state index in [4.69, 9.17) is 20.8 Å². The van der Waals surface area contributed by atoms with Crippen molar-refractivity contribution in [2.24, 2.45) is 0 Å². The highest BCUT2D eigenvalue weighted by molar-refractivity contribution is 9.10. The van der Waals surface area contributed by atoms with Crippen LogP contribution in [0, 0.1) is 5.21 Å². The van der Waals surface area contributed by atoms with Crippen molar-refractivity contribution in [1.29, 1.82) is 0 Å². The fourth-order valence-electron chi connectivity index (χ4n) is 3.36. The molecule has 1 saturated heterocycles. The van der Waals surface area contributed by atoms with Gasteiger partial charge in [-0.3, -0.25) is 4.65 Å². The molecule has 0 spiro atoms. The van der Waals surface area contributed by atoms with Crippen molar-refractivity contribution in [3.63, 3.8) is 0 Å². The van der Waals surface area contributed by atoms with Gasteiger partial charge >= 0.3 is 5.97 Å². The minimum atomic E-state index is -0.947. The Hall–Kier alpha value is -1.75. The molecular formula is C20H19BrClN3O4S. The van der Waals surface area contributed by atoms with E-state index in [0.717, 1.165) is 22.2 Å². The zero-order valence-electron chi connectivity index (χ0n) is 15.9. The molecule has 0 radical (unpaired) electrons. The monoisotopic (exact) mass is 511 g/mol. The first-order valence-electron chi connectivity index (χ1n) is 9.25. The number of ether oxygens (including phenoxy) is 1. The summed E-state index contributed by atoms with van der Waals surface area (Å²) >= 11 is 10.5. The van der Waals surface area contributed by atoms with Crippen LogP contribution in [-0.2, 0) is 10.6 Å². The molecule has 0 bridgehead atoms. The van der Waals surface area contributed by atoms with Crippen LogP contribution >= 0.6 is 38.9 Å². The van der Waals surface area contributed by atoms with Crippen LogP contribution in [0.3, 0.4) is 0 Å². The van der Waals surface area contributed by atoms with Gasteiger partial charge in [-0.15, -0.1) is 18.2 Å². The first-order chi connectivity index (χ1) is 14.4. The van der Waals surface area contributed by atoms with Gasteiger partial charge in [0.25, 0.3) is 11.4 Å². The highest BCUT2D eigenvalue weighted by atomic mass is 79.9. The van der Waals surface area contributed by atoms with Gasteiger partial charge in [0.2, 0.25) is 0 Å². The Morgan fingerprint density at radius 3 is 3.07 bits per heavy atom. The van der Waals surface area contributed by atoms with Crippen molar-refractivity contribution in [3.8, 4) is 0 Å². The molecule has 3 aromatic rings. The number of hydrogen-bond donors (Lipinski definition) is 0. The van der Waals surface area contributed by atoms with Gasteiger partial charge in [-0.2, -0.15) is 4.98 Å². The van der Waals surface area contributed by atoms with Crippen molar-refractivity contribution in [2.45, 2.75) is 18.5 Å². The quantitative estimate of drug-likeness (QED) is 0.142. The third-order valence-corrected chi connectivity index (χ3v) is 6.99. The molecule has 3 heterocycles. The molecule has 10 heteroatoms. The number of nitrogens with zero attached hydrogens (tertiary/aromatic N) is 3. The molecular weight excluding hydrogens is 494 g/mol. The van der Waals surface area contributed by atoms with E-state index in [1.807, 2.05) is 23.1 Å². The summed E-state index contributed by atoms with van der Waals surface area (Å²) in [7, 11) is 0. The largest absolute Gasteiger partial charge is 0.622 e. The Labute approximate surface area is 190 Å². The maximum Gasteiger partial charge on any atom is 0.347 e. The highest BCUT2D eigenvalue weighted by Crippen LogP contribution is 2.38. The Kier molecular flexibility index (Phi) is 6.29. The van der Waals surface area contributed by atoms with Gasteiger partial charge in [-0.25, -0.2) is 9.69 Å². The minimum Gasteiger partial charge on any atom is -0.622 e. The number of halogens is 2. The molecule has 0 N–H and O–H groups in total. The van der Waals surface area contributed by atoms with E-state index < -0.39 is 16.8 Å². The molecule has 158 valence electrons. The summed E-state index contributed by atoms with van der Waals surface area (Å²) in [6.07, 6.45) is 4.27. The van der Waals surface area contributed by atoms with Crippen LogP contribution in [0.1, 0.15) is 22.3 Å². The van der Waals surface area contributed by atoms with E-state index in [1.54, 1.807) is 6.08 Å². The normalized spacial score (nSPS) is 21.9. The number of furan rings is 1. The van der Waals surface area contributed by atoms with Crippen molar-refractivity contribution in [3.05, 3.63) is 64.2 Å². The second kappa shape index (κ2) is 8.78. The van der Waals surface area contributed by atoms with Gasteiger partial charge in [0.05, 0.1) is 21.2 Å². The van der Waals surface area contributed by atoms with Gasteiger partial charge in [0.1, 0.15) is 24.8 Å². The van der Waals surface area contributed by atoms with E-state index in [0.29, 0.717) is 28.6 Å². The molecule has 0 aliphatic carbocycles. The Bertz CT molecular complexity index is 1090. The summed E-state index contributed by atoms with van der Waals surface area (Å²) in [6, 6.07) is 5.68. The fraction of sp³-hybridized carbons (Fsp3) is 0.300. The molecule has 1 aromatic carbocycles. The fourth-order valence-corrected chi connectivity index (χ4v) is 4.99. The molecule has 4 rings (SSSR count). The van der Waals surface area contributed by atoms with Gasteiger partial charge in [0, 0.05) is 12.4 Å². The van der Waals surface area contributed by atoms with Gasteiger partial charge in [-0.05, 0) is 40.0 Å². The van der Waals surface area contributed by atoms with Gasteiger partial charge in [0.15, 0.2) is 0 Å². The summed E-state index contributed by atoms with van der Waals surface area (Å²) in [4.78, 5) is 19.2. The maximum atomic E-state index is 14.0. The van der Waals surface area contributed by atoms with Crippen LogP contribution < -0.4 is 4.65 Å². The molecule has 1 aliphatic heterocycles. The van der Waals surface area contributed by atoms with E-state index in [9.17, 15) is 10.0 Å². The number of carbonyl (C=O) groups excluding carboxylic acids is 1. The number of quaternary nitrogens is 1. The molecule has 2 unspecified atom stereocenters. The van der Waals surface area contributed by atoms with E-state index in [1.165, 1.54) is 23.9 Å². The standard InChI is InChI=1S/C20H19BrClN3O4S/c1-2-3-6-24-9-18(29-19(26)14-10-28-11-15(14)21)25(27,12-24)20-23-16-5-4-13(8-22)7-17(16)30-20/h2,4-5,7,10-11,18H,1,3,6,8-9,12H2. The number of alkyl halides is 1. The second-order valence-corrected chi connectivity index (χ2v) is 9.15. The number of thiazole rings is 1. The number of hydroxylamine groups is 2. The third-order valence-electron chi connectivity index (χ3n) is 4.94. The molecule has 0 saturated carbocycles. The van der Waals surface area contributed by atoms with Gasteiger partial charge < -0.3 is 14.4 Å². The number of esters is 1. The van der Waals surface area contributed by atoms with E-state index in [2.05, 4.69) is 27.5 Å². The molecule has 30 heavy (non-hydrogen) atoms. The van der Waals surface area contributed by atoms with E-state index in [-0.39, 0.29) is 12.2 Å². The first kappa shape index (κ1) is 21.5. The zero-order chi connectivity index (χ0) is 21.3. The van der Waals surface area contributed by atoms with Crippen LogP contribution in [-0.4, -0.2) is 41.8 Å². The average molecular weight is 513 g/mol. The van der Waals surface area contributed by atoms with Crippen LogP contribution in [0.5, 0.6) is 0 Å². The summed E-state index contributed by atoms with van der Waals surface area (Å²) < 4.78 is 11.2. The Morgan fingerprint density at radius 2 is 2.37 bits per heavy atom. The van der Waals surface area contributed by atoms with Crippen molar-refractivity contribution in [1.82, 2.24) is 14.5 Å². The van der Waals surface area contributed by atoms with E-state index >= 15 is 0 Å². The summed E-state index contributed by atoms with van der Waals surface area (Å²) in [5.74, 6) is -0.231. The van der Waals surface area contributed by atoms with Gasteiger partial charge in [-0.1, -0.05) is 23.5 Å². The number of carbonyl (C=O) groups is 1. The number of benzene rings is 1. The summed E-state index contributed by atoms with van der Waals surface area (Å²) in [5.41, 5.74) is 1.92. The zero-order valence-corrected chi connectivity index (χ0v) is 19.1. The Morgan fingerprint density at radius 1 is 1.53 bits per heavy atom. The number of rotatable bonds is 7. The summed E-state index contributed by atoms with van der Waals surface area (Å²) in [6.45, 7) is 4.84. The lowest BCUT2D eigenvalue weighted by Crippen LogP contribution is -2.50. The maximum absolute atomic E-state index is 14.0. The smallest absolute Gasteiger partial charge is 0.347 e. The van der Waals surface area contributed by atoms with Crippen LogP contribution in [0.4, 0.5) is 5.13 Å². The van der Waals surface area contributed by atoms with Crippen LogP contribution in [0.25, 0.3) is 10.2 Å². The number of fused-ring (bicyclic) bond motifs is 1. The number of aromatic nitrogens is 1. The highest BCUT2D eigenvalue weighted by Gasteiger charge is 2.46. The van der Waals surface area contributed by atoms with Crippen molar-refractivity contribution < 1.29 is 13.9 Å². The first-order valence-corrected chi connectivity index (χ1v) is 11.4. The third kappa shape index (κ3) is 4.05. The molecule has 0 amide bonds. The Balaban J connectivity index is 1.66. The SMILES string of the molecule is C=CCCN1CC(OC(=O)c2cocc2Br)[N+]([O-])(c2nc3ccc(CCl)cc3s2)C1. The van der Waals surface area contributed by atoms with Crippen LogP contribution in [0.2, 0.25) is 0 Å². The van der Waals surface area contributed by atoms with Crippen LogP contribution in [0.15, 0.2) is 52.3 Å². The minimum absolute atomic E-state index is 0.139. The predicted molar refractivity (Wildman–Crippen MR) is 121 cm³/mol.